The summed E-state index contributed by atoms with van der Waals surface area (Å²) in [6.45, 7) is 5.77. The van der Waals surface area contributed by atoms with E-state index in [4.69, 9.17) is 0 Å². The van der Waals surface area contributed by atoms with Crippen LogP contribution < -0.4 is 0 Å². The van der Waals surface area contributed by atoms with Gasteiger partial charge in [0, 0.05) is 37.4 Å². The van der Waals surface area contributed by atoms with E-state index < -0.39 is 0 Å². The highest BCUT2D eigenvalue weighted by Gasteiger charge is 2.32. The van der Waals surface area contributed by atoms with Crippen LogP contribution in [0.5, 0.6) is 0 Å². The molecule has 2 aromatic rings. The van der Waals surface area contributed by atoms with Gasteiger partial charge in [0.2, 0.25) is 5.91 Å². The van der Waals surface area contributed by atoms with Crippen molar-refractivity contribution in [2.24, 2.45) is 0 Å². The fraction of sp³-hybridized carbons (Fsp3) is 0.524. The number of aromatic nitrogens is 2. The largest absolute Gasteiger partial charge is 0.341 e. The lowest BCUT2D eigenvalue weighted by atomic mass is 9.94. The predicted molar refractivity (Wildman–Crippen MR) is 104 cm³/mol. The van der Waals surface area contributed by atoms with Crippen LogP contribution in [0.4, 0.5) is 4.39 Å². The Bertz CT molecular complexity index is 761. The Morgan fingerprint density at radius 1 is 1.19 bits per heavy atom. The van der Waals surface area contributed by atoms with Gasteiger partial charge in [0.1, 0.15) is 17.7 Å². The second-order valence-corrected chi connectivity index (χ2v) is 7.80. The molecule has 1 aliphatic heterocycles. The molecule has 1 aromatic heterocycles. The number of carbonyl (C=O) groups is 1. The third-order valence-corrected chi connectivity index (χ3v) is 5.36. The highest BCUT2D eigenvalue weighted by molar-refractivity contribution is 5.83. The maximum Gasteiger partial charge on any atom is 0.244 e. The van der Waals surface area contributed by atoms with Gasteiger partial charge in [-0.25, -0.2) is 9.37 Å². The summed E-state index contributed by atoms with van der Waals surface area (Å²) in [6, 6.07) is 6.22. The number of benzene rings is 1. The highest BCUT2D eigenvalue weighted by atomic mass is 19.1. The number of piperidine rings is 1. The van der Waals surface area contributed by atoms with Gasteiger partial charge in [-0.15, -0.1) is 0 Å². The van der Waals surface area contributed by atoms with E-state index >= 15 is 0 Å². The molecular formula is C21H29FN4O. The highest BCUT2D eigenvalue weighted by Crippen LogP contribution is 2.30. The SMILES string of the molecule is CC(C)n1ccnc1C1CCN(C(=O)[C@@H](c2ccc(F)cc2)N(C)C)CC1. The summed E-state index contributed by atoms with van der Waals surface area (Å²) in [4.78, 5) is 21.6. The Kier molecular flexibility index (Phi) is 5.95. The van der Waals surface area contributed by atoms with Crippen LogP contribution in [-0.2, 0) is 4.79 Å². The maximum absolute atomic E-state index is 13.3. The Labute approximate surface area is 160 Å². The first-order valence-electron chi connectivity index (χ1n) is 9.62. The first-order chi connectivity index (χ1) is 12.9. The van der Waals surface area contributed by atoms with Crippen LogP contribution in [0, 0.1) is 5.82 Å². The fourth-order valence-electron chi connectivity index (χ4n) is 3.92. The molecule has 6 heteroatoms. The molecular weight excluding hydrogens is 343 g/mol. The van der Waals surface area contributed by atoms with Crippen LogP contribution in [0.3, 0.4) is 0 Å². The number of imidazole rings is 1. The van der Waals surface area contributed by atoms with Gasteiger partial charge in [-0.2, -0.15) is 0 Å². The summed E-state index contributed by atoms with van der Waals surface area (Å²) in [5.74, 6) is 1.30. The minimum absolute atomic E-state index is 0.0808. The number of halogens is 1. The van der Waals surface area contributed by atoms with Crippen molar-refractivity contribution >= 4 is 5.91 Å². The summed E-state index contributed by atoms with van der Waals surface area (Å²) in [5, 5.41) is 0. The molecule has 0 bridgehead atoms. The molecule has 3 rings (SSSR count). The molecule has 0 radical (unpaired) electrons. The zero-order valence-corrected chi connectivity index (χ0v) is 16.6. The van der Waals surface area contributed by atoms with Crippen LogP contribution in [0.1, 0.15) is 56.1 Å². The van der Waals surface area contributed by atoms with Crippen LogP contribution in [-0.4, -0.2) is 52.4 Å². The van der Waals surface area contributed by atoms with Crippen LogP contribution in [0.25, 0.3) is 0 Å². The Hall–Kier alpha value is -2.21. The van der Waals surface area contributed by atoms with Crippen molar-refractivity contribution in [3.63, 3.8) is 0 Å². The zero-order chi connectivity index (χ0) is 19.6. The third kappa shape index (κ3) is 4.21. The molecule has 5 nitrogen and oxygen atoms in total. The van der Waals surface area contributed by atoms with Crippen molar-refractivity contribution in [1.82, 2.24) is 19.4 Å². The molecule has 0 aliphatic carbocycles. The van der Waals surface area contributed by atoms with Crippen LogP contribution in [0.2, 0.25) is 0 Å². The van der Waals surface area contributed by atoms with E-state index in [-0.39, 0.29) is 17.8 Å². The Morgan fingerprint density at radius 2 is 1.81 bits per heavy atom. The molecule has 1 fully saturated rings. The number of hydrogen-bond acceptors (Lipinski definition) is 3. The molecule has 1 saturated heterocycles. The maximum atomic E-state index is 13.3. The lowest BCUT2D eigenvalue weighted by Gasteiger charge is -2.36. The number of carbonyl (C=O) groups excluding carboxylic acids is 1. The van der Waals surface area contributed by atoms with E-state index in [1.54, 1.807) is 12.1 Å². The second-order valence-electron chi connectivity index (χ2n) is 7.80. The topological polar surface area (TPSA) is 41.4 Å². The lowest BCUT2D eigenvalue weighted by Crippen LogP contribution is -2.44. The smallest absolute Gasteiger partial charge is 0.244 e. The van der Waals surface area contributed by atoms with Crippen molar-refractivity contribution < 1.29 is 9.18 Å². The van der Waals surface area contributed by atoms with Crippen molar-refractivity contribution in [3.8, 4) is 0 Å². The minimum atomic E-state index is -0.389. The van der Waals surface area contributed by atoms with E-state index in [1.807, 2.05) is 36.3 Å². The molecule has 0 unspecified atom stereocenters. The van der Waals surface area contributed by atoms with E-state index in [9.17, 15) is 9.18 Å². The average Bonchev–Trinajstić information content (AvgIpc) is 3.13. The summed E-state index contributed by atoms with van der Waals surface area (Å²) < 4.78 is 15.5. The normalized spacial score (nSPS) is 16.9. The van der Waals surface area contributed by atoms with E-state index in [0.29, 0.717) is 12.0 Å². The molecule has 1 amide bonds. The number of amides is 1. The molecule has 27 heavy (non-hydrogen) atoms. The fourth-order valence-corrected chi connectivity index (χ4v) is 3.92. The Balaban J connectivity index is 1.69. The van der Waals surface area contributed by atoms with Crippen molar-refractivity contribution in [3.05, 3.63) is 53.9 Å². The number of hydrogen-bond donors (Lipinski definition) is 0. The van der Waals surface area contributed by atoms with E-state index in [2.05, 4.69) is 23.4 Å². The number of nitrogens with zero attached hydrogens (tertiary/aromatic N) is 4. The predicted octanol–water partition coefficient (Wildman–Crippen LogP) is 3.61. The molecule has 2 heterocycles. The van der Waals surface area contributed by atoms with Crippen LogP contribution >= 0.6 is 0 Å². The van der Waals surface area contributed by atoms with Gasteiger partial charge >= 0.3 is 0 Å². The molecule has 1 aliphatic rings. The van der Waals surface area contributed by atoms with Gasteiger partial charge in [0.05, 0.1) is 0 Å². The lowest BCUT2D eigenvalue weighted by molar-refractivity contribution is -0.137. The van der Waals surface area contributed by atoms with E-state index in [1.165, 1.54) is 12.1 Å². The van der Waals surface area contributed by atoms with Crippen LogP contribution in [0.15, 0.2) is 36.7 Å². The Morgan fingerprint density at radius 3 is 2.37 bits per heavy atom. The molecule has 0 spiro atoms. The summed E-state index contributed by atoms with van der Waals surface area (Å²) in [7, 11) is 3.77. The summed E-state index contributed by atoms with van der Waals surface area (Å²) in [5.41, 5.74) is 0.823. The first kappa shape index (κ1) is 19.5. The summed E-state index contributed by atoms with van der Waals surface area (Å²) in [6.07, 6.45) is 5.73. The number of likely N-dealkylation sites (tertiary alicyclic amines) is 1. The molecule has 0 saturated carbocycles. The van der Waals surface area contributed by atoms with Gasteiger partial charge in [-0.1, -0.05) is 12.1 Å². The number of rotatable bonds is 5. The molecule has 1 aromatic carbocycles. The second kappa shape index (κ2) is 8.21. The molecule has 146 valence electrons. The molecule has 0 N–H and O–H groups in total. The molecule has 1 atom stereocenters. The van der Waals surface area contributed by atoms with Gasteiger partial charge in [0.15, 0.2) is 0 Å². The minimum Gasteiger partial charge on any atom is -0.341 e. The summed E-state index contributed by atoms with van der Waals surface area (Å²) >= 11 is 0. The van der Waals surface area contributed by atoms with Gasteiger partial charge in [0.25, 0.3) is 0 Å². The quantitative estimate of drug-likeness (QED) is 0.805. The van der Waals surface area contributed by atoms with Crippen molar-refractivity contribution in [1.29, 1.82) is 0 Å². The van der Waals surface area contributed by atoms with Gasteiger partial charge in [-0.3, -0.25) is 9.69 Å². The first-order valence-corrected chi connectivity index (χ1v) is 9.62. The van der Waals surface area contributed by atoms with Gasteiger partial charge < -0.3 is 9.47 Å². The number of likely N-dealkylation sites (N-methyl/N-ethyl adjacent to an activating group) is 1. The van der Waals surface area contributed by atoms with Crippen molar-refractivity contribution in [2.45, 2.75) is 44.7 Å². The van der Waals surface area contributed by atoms with Gasteiger partial charge in [-0.05, 0) is 58.5 Å². The zero-order valence-electron chi connectivity index (χ0n) is 16.6. The third-order valence-electron chi connectivity index (χ3n) is 5.36. The van der Waals surface area contributed by atoms with E-state index in [0.717, 1.165) is 37.3 Å². The monoisotopic (exact) mass is 372 g/mol. The average molecular weight is 372 g/mol. The standard InChI is InChI=1S/C21H29FN4O/c1-15(2)26-14-11-23-20(26)17-9-12-25(13-10-17)21(27)19(24(3)4)16-5-7-18(22)8-6-16/h5-8,11,14-15,17,19H,9-10,12-13H2,1-4H3/t19-/m1/s1. The van der Waals surface area contributed by atoms with Crippen molar-refractivity contribution in [2.75, 3.05) is 27.2 Å².